The Bertz CT molecular complexity index is 1200. The molecule has 1 fully saturated rings. The number of aromatic nitrogens is 2. The van der Waals surface area contributed by atoms with Crippen molar-refractivity contribution in [1.82, 2.24) is 14.9 Å². The molecule has 0 saturated heterocycles. The van der Waals surface area contributed by atoms with Crippen LogP contribution in [0.1, 0.15) is 65.0 Å². The fourth-order valence-electron chi connectivity index (χ4n) is 4.74. The molecule has 1 aromatic carbocycles. The Morgan fingerprint density at radius 3 is 2.89 bits per heavy atom. The Morgan fingerprint density at radius 1 is 1.27 bits per heavy atom. The Labute approximate surface area is 224 Å². The normalized spacial score (nSPS) is 16.3. The highest BCUT2D eigenvalue weighted by Crippen LogP contribution is 2.26. The number of aliphatic hydroxyl groups is 1. The third-order valence-electron chi connectivity index (χ3n) is 7.19. The van der Waals surface area contributed by atoms with E-state index >= 15 is 0 Å². The van der Waals surface area contributed by atoms with E-state index in [1.165, 1.54) is 36.8 Å². The molecule has 1 saturated carbocycles. The molecule has 1 aliphatic heterocycles. The number of aryl methyl sites for hydroxylation is 1. The topological polar surface area (TPSA) is 101 Å². The monoisotopic (exact) mass is 524 g/mol. The summed E-state index contributed by atoms with van der Waals surface area (Å²) >= 11 is 0. The molecular formula is C28H36N4O4S. The van der Waals surface area contributed by atoms with Gasteiger partial charge < -0.3 is 19.6 Å². The van der Waals surface area contributed by atoms with E-state index in [9.17, 15) is 9.90 Å². The Morgan fingerprint density at radius 2 is 2.14 bits per heavy atom. The highest BCUT2D eigenvalue weighted by molar-refractivity contribution is 7.59. The Balaban J connectivity index is 0.00000320. The zero-order valence-electron chi connectivity index (χ0n) is 21.3. The van der Waals surface area contributed by atoms with E-state index in [0.29, 0.717) is 37.6 Å². The molecule has 0 amide bonds. The van der Waals surface area contributed by atoms with Crippen molar-refractivity contribution in [2.24, 2.45) is 0 Å². The van der Waals surface area contributed by atoms with Crippen LogP contribution in [0.4, 0.5) is 5.69 Å². The van der Waals surface area contributed by atoms with Crippen LogP contribution in [0, 0.1) is 6.92 Å². The van der Waals surface area contributed by atoms with E-state index in [2.05, 4.69) is 32.3 Å². The summed E-state index contributed by atoms with van der Waals surface area (Å²) in [5, 5.41) is 14.1. The number of nitrogens with zero attached hydrogens (tertiary/aromatic N) is 3. The molecule has 2 aromatic heterocycles. The smallest absolute Gasteiger partial charge is 0.181 e. The molecule has 9 heteroatoms. The van der Waals surface area contributed by atoms with Crippen molar-refractivity contribution < 1.29 is 19.1 Å². The van der Waals surface area contributed by atoms with E-state index in [1.807, 2.05) is 19.1 Å². The highest BCUT2D eigenvalue weighted by atomic mass is 32.1. The standard InChI is InChI=1S/C28H34N4O4.H2S/c1-19-28(36-18-30-19)17-35-26-7-5-21-15-32(10-9-20(21)12-26)16-25(33)6-8-27(34)22-11-24(14-29-13-22)31-23-3-2-4-23;/h5,7,11-14,18,23,25,31,33H,2-4,6,8-10,15-17H2,1H3;1H2/t25-;/m0./s1. The summed E-state index contributed by atoms with van der Waals surface area (Å²) < 4.78 is 11.2. The number of Topliss-reactive ketones (excluding diaryl/α,β-unsaturated/α-hetero) is 1. The van der Waals surface area contributed by atoms with Crippen molar-refractivity contribution in [2.75, 3.05) is 18.4 Å². The van der Waals surface area contributed by atoms with Crippen LogP contribution in [0.2, 0.25) is 0 Å². The second-order valence-electron chi connectivity index (χ2n) is 9.92. The fraction of sp³-hybridized carbons (Fsp3) is 0.464. The molecule has 5 rings (SSSR count). The van der Waals surface area contributed by atoms with Crippen molar-refractivity contribution in [3.8, 4) is 5.75 Å². The van der Waals surface area contributed by atoms with Gasteiger partial charge in [-0.3, -0.25) is 14.7 Å². The first-order chi connectivity index (χ1) is 17.5. The Hall–Kier alpha value is -2.88. The van der Waals surface area contributed by atoms with Crippen LogP contribution in [0.15, 0.2) is 47.5 Å². The van der Waals surface area contributed by atoms with Crippen LogP contribution < -0.4 is 10.1 Å². The van der Waals surface area contributed by atoms with Gasteiger partial charge in [0.1, 0.15) is 12.4 Å². The third kappa shape index (κ3) is 7.12. The summed E-state index contributed by atoms with van der Waals surface area (Å²) in [5.74, 6) is 1.58. The number of β-amino-alcohol motifs (C(OH)–C–C–N with tert-alkyl or cyclic N) is 1. The summed E-state index contributed by atoms with van der Waals surface area (Å²) in [5.41, 5.74) is 4.87. The van der Waals surface area contributed by atoms with E-state index in [4.69, 9.17) is 9.15 Å². The van der Waals surface area contributed by atoms with Crippen LogP contribution in [0.3, 0.4) is 0 Å². The van der Waals surface area contributed by atoms with Crippen LogP contribution in [0.5, 0.6) is 5.75 Å². The number of pyridine rings is 1. The predicted octanol–water partition coefficient (Wildman–Crippen LogP) is 4.42. The van der Waals surface area contributed by atoms with E-state index in [-0.39, 0.29) is 19.3 Å². The number of carbonyl (C=O) groups is 1. The van der Waals surface area contributed by atoms with Crippen molar-refractivity contribution in [2.45, 2.75) is 70.7 Å². The van der Waals surface area contributed by atoms with Gasteiger partial charge in [-0.15, -0.1) is 0 Å². The SMILES string of the molecule is Cc1ncoc1COc1ccc2c(c1)CCN(C[C@@H](O)CCC(=O)c1cncc(NC3CCC3)c1)C2.S. The number of fused-ring (bicyclic) bond motifs is 1. The number of oxazole rings is 1. The number of ketones is 1. The number of nitrogens with one attached hydrogen (secondary N) is 1. The second kappa shape index (κ2) is 12.6. The van der Waals surface area contributed by atoms with Crippen LogP contribution in [-0.4, -0.2) is 51.0 Å². The predicted molar refractivity (Wildman–Crippen MR) is 146 cm³/mol. The number of carbonyl (C=O) groups excluding carboxylic acids is 1. The van der Waals surface area contributed by atoms with Gasteiger partial charge in [0, 0.05) is 50.1 Å². The zero-order valence-corrected chi connectivity index (χ0v) is 22.3. The number of hydrogen-bond acceptors (Lipinski definition) is 8. The summed E-state index contributed by atoms with van der Waals surface area (Å²) in [6.07, 6.45) is 9.51. The lowest BCUT2D eigenvalue weighted by molar-refractivity contribution is 0.0836. The molecule has 0 radical (unpaired) electrons. The van der Waals surface area contributed by atoms with E-state index in [0.717, 1.165) is 42.4 Å². The molecule has 0 bridgehead atoms. The first-order valence-corrected chi connectivity index (χ1v) is 12.8. The second-order valence-corrected chi connectivity index (χ2v) is 9.92. The molecule has 3 aromatic rings. The van der Waals surface area contributed by atoms with Crippen molar-refractivity contribution >= 4 is 25.0 Å². The summed E-state index contributed by atoms with van der Waals surface area (Å²) in [4.78, 5) is 23.3. The number of rotatable bonds is 11. The number of hydrogen-bond donors (Lipinski definition) is 2. The van der Waals surface area contributed by atoms with Crippen LogP contribution in [-0.2, 0) is 19.6 Å². The zero-order chi connectivity index (χ0) is 24.9. The molecule has 0 spiro atoms. The molecule has 0 unspecified atom stereocenters. The van der Waals surface area contributed by atoms with Gasteiger partial charge in [-0.05, 0) is 68.4 Å². The molecule has 37 heavy (non-hydrogen) atoms. The molecule has 2 N–H and O–H groups in total. The lowest BCUT2D eigenvalue weighted by atomic mass is 9.93. The molecule has 1 aliphatic carbocycles. The lowest BCUT2D eigenvalue weighted by Crippen LogP contribution is -2.36. The van der Waals surface area contributed by atoms with Gasteiger partial charge in [0.2, 0.25) is 0 Å². The Kier molecular flexibility index (Phi) is 9.23. The molecule has 8 nitrogen and oxygen atoms in total. The highest BCUT2D eigenvalue weighted by Gasteiger charge is 2.21. The van der Waals surface area contributed by atoms with Crippen LogP contribution in [0.25, 0.3) is 0 Å². The average molecular weight is 525 g/mol. The minimum atomic E-state index is -0.549. The van der Waals surface area contributed by atoms with E-state index < -0.39 is 6.10 Å². The van der Waals surface area contributed by atoms with Gasteiger partial charge in [0.05, 0.1) is 17.5 Å². The number of benzene rings is 1. The number of ether oxygens (including phenoxy) is 1. The van der Waals surface area contributed by atoms with Gasteiger partial charge in [-0.2, -0.15) is 13.5 Å². The maximum atomic E-state index is 12.7. The van der Waals surface area contributed by atoms with Crippen molar-refractivity contribution in [3.05, 3.63) is 71.2 Å². The molecular weight excluding hydrogens is 488 g/mol. The summed E-state index contributed by atoms with van der Waals surface area (Å²) in [6.45, 7) is 4.45. The lowest BCUT2D eigenvalue weighted by Gasteiger charge is -2.30. The minimum absolute atomic E-state index is 0. The first-order valence-electron chi connectivity index (χ1n) is 12.8. The summed E-state index contributed by atoms with van der Waals surface area (Å²) in [6, 6.07) is 8.54. The first kappa shape index (κ1) is 27.2. The van der Waals surface area contributed by atoms with Crippen molar-refractivity contribution in [1.29, 1.82) is 0 Å². The van der Waals surface area contributed by atoms with Gasteiger partial charge in [0.25, 0.3) is 0 Å². The summed E-state index contributed by atoms with van der Waals surface area (Å²) in [7, 11) is 0. The average Bonchev–Trinajstić information content (AvgIpc) is 3.28. The number of anilines is 1. The van der Waals surface area contributed by atoms with Crippen molar-refractivity contribution in [3.63, 3.8) is 0 Å². The molecule has 3 heterocycles. The van der Waals surface area contributed by atoms with E-state index in [1.54, 1.807) is 12.4 Å². The van der Waals surface area contributed by atoms with Gasteiger partial charge >= 0.3 is 0 Å². The molecule has 2 aliphatic rings. The van der Waals surface area contributed by atoms with Crippen LogP contribution >= 0.6 is 13.5 Å². The van der Waals surface area contributed by atoms with Gasteiger partial charge in [-0.1, -0.05) is 6.07 Å². The quantitative estimate of drug-likeness (QED) is 0.356. The molecule has 1 atom stereocenters. The largest absolute Gasteiger partial charge is 0.486 e. The van der Waals surface area contributed by atoms with Gasteiger partial charge in [-0.25, -0.2) is 4.98 Å². The third-order valence-corrected chi connectivity index (χ3v) is 7.19. The minimum Gasteiger partial charge on any atom is -0.486 e. The molecule has 198 valence electrons. The van der Waals surface area contributed by atoms with Gasteiger partial charge in [0.15, 0.2) is 17.9 Å². The maximum absolute atomic E-state index is 12.7. The fourth-order valence-corrected chi connectivity index (χ4v) is 4.74. The maximum Gasteiger partial charge on any atom is 0.181 e. The number of aliphatic hydroxyl groups excluding tert-OH is 1.